The zero-order chi connectivity index (χ0) is 18.5. The summed E-state index contributed by atoms with van der Waals surface area (Å²) in [6.45, 7) is 6.51. The molecule has 1 N–H and O–H groups in total. The molecule has 2 aromatic carbocycles. The lowest BCUT2D eigenvalue weighted by Crippen LogP contribution is -2.40. The fourth-order valence-corrected chi connectivity index (χ4v) is 3.81. The van der Waals surface area contributed by atoms with Crippen LogP contribution in [0.2, 0.25) is 0 Å². The molecule has 2 aliphatic rings. The molecule has 0 unspecified atom stereocenters. The Bertz CT molecular complexity index is 781. The van der Waals surface area contributed by atoms with Gasteiger partial charge in [0.05, 0.1) is 13.2 Å². The van der Waals surface area contributed by atoms with Gasteiger partial charge in [-0.15, -0.1) is 0 Å². The summed E-state index contributed by atoms with van der Waals surface area (Å²) >= 11 is 0. The predicted octanol–water partition coefficient (Wildman–Crippen LogP) is 2.66. The van der Waals surface area contributed by atoms with Crippen molar-refractivity contribution in [1.82, 2.24) is 10.2 Å². The maximum atomic E-state index is 5.42. The Hall–Kier alpha value is -2.37. The molecule has 0 aliphatic carbocycles. The van der Waals surface area contributed by atoms with E-state index < -0.39 is 0 Å². The number of para-hydroxylation sites is 1. The molecule has 1 fully saturated rings. The van der Waals surface area contributed by atoms with Crippen molar-refractivity contribution in [3.8, 4) is 0 Å². The number of rotatable bonds is 4. The molecule has 5 nitrogen and oxygen atoms in total. The molecule has 0 spiro atoms. The molecule has 5 heteroatoms. The van der Waals surface area contributed by atoms with Crippen LogP contribution in [-0.2, 0) is 24.2 Å². The highest BCUT2D eigenvalue weighted by atomic mass is 16.5. The van der Waals surface area contributed by atoms with Gasteiger partial charge < -0.3 is 15.0 Å². The van der Waals surface area contributed by atoms with E-state index in [1.54, 1.807) is 0 Å². The molecular formula is C22H28N4O. The Morgan fingerprint density at radius 2 is 1.74 bits per heavy atom. The van der Waals surface area contributed by atoms with Gasteiger partial charge in [-0.05, 0) is 29.2 Å². The lowest BCUT2D eigenvalue weighted by molar-refractivity contribution is 0.0342. The predicted molar refractivity (Wildman–Crippen MR) is 110 cm³/mol. The monoisotopic (exact) mass is 364 g/mol. The third-order valence-electron chi connectivity index (χ3n) is 5.34. The van der Waals surface area contributed by atoms with Crippen molar-refractivity contribution in [1.29, 1.82) is 0 Å². The standard InChI is InChI=1S/C22H28N4O/c1-23-22(26-11-10-20-4-2-3-5-21(20)26)24-16-18-6-8-19(9-7-18)17-25-12-14-27-15-13-25/h2-9H,10-17H2,1H3,(H,23,24). The van der Waals surface area contributed by atoms with Crippen LogP contribution in [0.5, 0.6) is 0 Å². The van der Waals surface area contributed by atoms with E-state index in [0.29, 0.717) is 0 Å². The molecular weight excluding hydrogens is 336 g/mol. The van der Waals surface area contributed by atoms with E-state index in [1.165, 1.54) is 22.4 Å². The summed E-state index contributed by atoms with van der Waals surface area (Å²) in [5.41, 5.74) is 5.30. The van der Waals surface area contributed by atoms with Gasteiger partial charge in [-0.3, -0.25) is 9.89 Å². The fourth-order valence-electron chi connectivity index (χ4n) is 3.81. The van der Waals surface area contributed by atoms with Crippen LogP contribution in [0.4, 0.5) is 5.69 Å². The van der Waals surface area contributed by atoms with Crippen LogP contribution >= 0.6 is 0 Å². The molecule has 1 saturated heterocycles. The second kappa shape index (κ2) is 8.55. The van der Waals surface area contributed by atoms with Crippen molar-refractivity contribution >= 4 is 11.6 Å². The second-order valence-electron chi connectivity index (χ2n) is 7.14. The van der Waals surface area contributed by atoms with Crippen molar-refractivity contribution in [2.75, 3.05) is 44.8 Å². The molecule has 0 atom stereocenters. The highest BCUT2D eigenvalue weighted by molar-refractivity contribution is 5.97. The number of guanidine groups is 1. The molecule has 0 amide bonds. The van der Waals surface area contributed by atoms with Gasteiger partial charge in [0.1, 0.15) is 0 Å². The molecule has 142 valence electrons. The SMILES string of the molecule is CN=C(NCc1ccc(CN2CCOCC2)cc1)N1CCc2ccccc21. The van der Waals surface area contributed by atoms with E-state index in [1.807, 2.05) is 7.05 Å². The molecule has 2 heterocycles. The van der Waals surface area contributed by atoms with Gasteiger partial charge in [0.2, 0.25) is 0 Å². The van der Waals surface area contributed by atoms with Gasteiger partial charge in [-0.25, -0.2) is 0 Å². The van der Waals surface area contributed by atoms with Gasteiger partial charge in [-0.1, -0.05) is 42.5 Å². The van der Waals surface area contributed by atoms with E-state index in [9.17, 15) is 0 Å². The lowest BCUT2D eigenvalue weighted by atomic mass is 10.1. The van der Waals surface area contributed by atoms with E-state index >= 15 is 0 Å². The summed E-state index contributed by atoms with van der Waals surface area (Å²) in [6.07, 6.45) is 1.08. The van der Waals surface area contributed by atoms with Crippen molar-refractivity contribution in [3.05, 3.63) is 65.2 Å². The first-order valence-corrected chi connectivity index (χ1v) is 9.77. The molecule has 0 aromatic heterocycles. The molecule has 2 aliphatic heterocycles. The van der Waals surface area contributed by atoms with E-state index in [-0.39, 0.29) is 0 Å². The lowest BCUT2D eigenvalue weighted by Gasteiger charge is -2.26. The number of morpholine rings is 1. The maximum absolute atomic E-state index is 5.42. The zero-order valence-electron chi connectivity index (χ0n) is 16.0. The number of nitrogens with one attached hydrogen (secondary N) is 1. The largest absolute Gasteiger partial charge is 0.379 e. The number of aliphatic imine (C=N–C) groups is 1. The number of benzene rings is 2. The number of fused-ring (bicyclic) bond motifs is 1. The minimum atomic E-state index is 0.781. The van der Waals surface area contributed by atoms with E-state index in [2.05, 4.69) is 68.6 Å². The minimum Gasteiger partial charge on any atom is -0.379 e. The number of anilines is 1. The van der Waals surface area contributed by atoms with E-state index in [4.69, 9.17) is 4.74 Å². The summed E-state index contributed by atoms with van der Waals surface area (Å²) in [5.74, 6) is 0.942. The van der Waals surface area contributed by atoms with Crippen LogP contribution in [0.3, 0.4) is 0 Å². The van der Waals surface area contributed by atoms with Crippen LogP contribution < -0.4 is 10.2 Å². The Kier molecular flexibility index (Phi) is 5.70. The summed E-state index contributed by atoms with van der Waals surface area (Å²) in [5, 5.41) is 3.52. The average molecular weight is 364 g/mol. The Labute approximate surface area is 161 Å². The minimum absolute atomic E-state index is 0.781. The Morgan fingerprint density at radius 3 is 2.52 bits per heavy atom. The normalized spacial score (nSPS) is 17.8. The number of ether oxygens (including phenoxy) is 1. The van der Waals surface area contributed by atoms with Crippen LogP contribution in [0, 0.1) is 0 Å². The van der Waals surface area contributed by atoms with Crippen molar-refractivity contribution in [3.63, 3.8) is 0 Å². The fraction of sp³-hybridized carbons (Fsp3) is 0.409. The number of nitrogens with zero attached hydrogens (tertiary/aromatic N) is 3. The van der Waals surface area contributed by atoms with Crippen LogP contribution in [0.15, 0.2) is 53.5 Å². The number of hydrogen-bond acceptors (Lipinski definition) is 3. The summed E-state index contributed by atoms with van der Waals surface area (Å²) in [4.78, 5) is 9.22. The van der Waals surface area contributed by atoms with Crippen molar-refractivity contribution in [2.24, 2.45) is 4.99 Å². The van der Waals surface area contributed by atoms with Gasteiger partial charge in [0.15, 0.2) is 5.96 Å². The summed E-state index contributed by atoms with van der Waals surface area (Å²) in [6, 6.07) is 17.5. The smallest absolute Gasteiger partial charge is 0.198 e. The van der Waals surface area contributed by atoms with Crippen LogP contribution in [-0.4, -0.2) is 50.8 Å². The zero-order valence-corrected chi connectivity index (χ0v) is 16.0. The Morgan fingerprint density at radius 1 is 1.00 bits per heavy atom. The molecule has 4 rings (SSSR count). The molecule has 0 saturated carbocycles. The van der Waals surface area contributed by atoms with Gasteiger partial charge in [0, 0.05) is 45.5 Å². The topological polar surface area (TPSA) is 40.1 Å². The molecule has 0 radical (unpaired) electrons. The van der Waals surface area contributed by atoms with Gasteiger partial charge >= 0.3 is 0 Å². The molecule has 2 aromatic rings. The van der Waals surface area contributed by atoms with Gasteiger partial charge in [-0.2, -0.15) is 0 Å². The van der Waals surface area contributed by atoms with Crippen molar-refractivity contribution in [2.45, 2.75) is 19.5 Å². The van der Waals surface area contributed by atoms with Gasteiger partial charge in [0.25, 0.3) is 0 Å². The average Bonchev–Trinajstić information content (AvgIpc) is 3.15. The second-order valence-corrected chi connectivity index (χ2v) is 7.14. The van der Waals surface area contributed by atoms with Crippen molar-refractivity contribution < 1.29 is 4.74 Å². The summed E-state index contributed by atoms with van der Waals surface area (Å²) < 4.78 is 5.42. The molecule has 0 bridgehead atoms. The Balaban J connectivity index is 1.34. The van der Waals surface area contributed by atoms with E-state index in [0.717, 1.165) is 58.3 Å². The maximum Gasteiger partial charge on any atom is 0.198 e. The third kappa shape index (κ3) is 4.31. The number of hydrogen-bond donors (Lipinski definition) is 1. The van der Waals surface area contributed by atoms with Crippen LogP contribution in [0.1, 0.15) is 16.7 Å². The highest BCUT2D eigenvalue weighted by Gasteiger charge is 2.22. The van der Waals surface area contributed by atoms with Crippen LogP contribution in [0.25, 0.3) is 0 Å². The quantitative estimate of drug-likeness (QED) is 0.669. The first-order chi connectivity index (χ1) is 13.3. The third-order valence-corrected chi connectivity index (χ3v) is 5.34. The first kappa shape index (κ1) is 18.0. The highest BCUT2D eigenvalue weighted by Crippen LogP contribution is 2.27. The first-order valence-electron chi connectivity index (χ1n) is 9.77. The summed E-state index contributed by atoms with van der Waals surface area (Å²) in [7, 11) is 1.86. The molecule has 27 heavy (non-hydrogen) atoms.